The Morgan fingerprint density at radius 3 is 2.58 bits per heavy atom. The van der Waals surface area contributed by atoms with Crippen molar-refractivity contribution in [1.82, 2.24) is 9.97 Å². The predicted molar refractivity (Wildman–Crippen MR) is 52.1 cm³/mol. The Labute approximate surface area is 84.5 Å². The largest absolute Gasteiger partial charge is 0.461 e. The van der Waals surface area contributed by atoms with Crippen molar-refractivity contribution in [2.24, 2.45) is 0 Å². The molecule has 0 radical (unpaired) electrons. The molecule has 0 spiro atoms. The fraction of sp³-hybridized carbons (Fsp3) is 0.429. The van der Waals surface area contributed by atoms with Crippen LogP contribution in [0.5, 0.6) is 6.01 Å². The summed E-state index contributed by atoms with van der Waals surface area (Å²) in [4.78, 5) is 7.91. The van der Waals surface area contributed by atoms with E-state index in [0.29, 0.717) is 19.2 Å². The molecule has 0 unspecified atom stereocenters. The van der Waals surface area contributed by atoms with Gasteiger partial charge in [-0.05, 0) is 22.6 Å². The molecule has 0 atom stereocenters. The van der Waals surface area contributed by atoms with Crippen LogP contribution in [0, 0.1) is 3.57 Å². The lowest BCUT2D eigenvalue weighted by Gasteiger charge is -2.01. The standard InChI is InChI=1S/C7H9IN2O2/c1-11-2-3-12-7-9-4-6(8)5-10-7/h4-5H,2-3H2,1H3. The van der Waals surface area contributed by atoms with Crippen molar-refractivity contribution in [2.45, 2.75) is 0 Å². The zero-order valence-electron chi connectivity index (χ0n) is 6.66. The molecule has 0 aliphatic rings. The summed E-state index contributed by atoms with van der Waals surface area (Å²) >= 11 is 2.14. The fourth-order valence-corrected chi connectivity index (χ4v) is 0.870. The smallest absolute Gasteiger partial charge is 0.316 e. The number of halogens is 1. The molecule has 0 bridgehead atoms. The molecule has 1 aromatic heterocycles. The van der Waals surface area contributed by atoms with Crippen molar-refractivity contribution in [2.75, 3.05) is 20.3 Å². The van der Waals surface area contributed by atoms with E-state index in [1.807, 2.05) is 0 Å². The molecule has 0 fully saturated rings. The van der Waals surface area contributed by atoms with Gasteiger partial charge in [-0.15, -0.1) is 0 Å². The van der Waals surface area contributed by atoms with E-state index in [1.54, 1.807) is 19.5 Å². The van der Waals surface area contributed by atoms with Gasteiger partial charge in [0.15, 0.2) is 0 Å². The van der Waals surface area contributed by atoms with Crippen LogP contribution < -0.4 is 4.74 Å². The van der Waals surface area contributed by atoms with Crippen LogP contribution in [0.4, 0.5) is 0 Å². The van der Waals surface area contributed by atoms with Crippen molar-refractivity contribution >= 4 is 22.6 Å². The highest BCUT2D eigenvalue weighted by Crippen LogP contribution is 2.04. The summed E-state index contributed by atoms with van der Waals surface area (Å²) in [6.07, 6.45) is 3.41. The van der Waals surface area contributed by atoms with E-state index >= 15 is 0 Å². The maximum Gasteiger partial charge on any atom is 0.316 e. The molecular formula is C7H9IN2O2. The van der Waals surface area contributed by atoms with Gasteiger partial charge < -0.3 is 9.47 Å². The van der Waals surface area contributed by atoms with Gasteiger partial charge in [0.1, 0.15) is 6.61 Å². The second kappa shape index (κ2) is 5.26. The normalized spacial score (nSPS) is 9.83. The first-order chi connectivity index (χ1) is 5.83. The first-order valence-electron chi connectivity index (χ1n) is 3.42. The van der Waals surface area contributed by atoms with Gasteiger partial charge in [-0.25, -0.2) is 9.97 Å². The van der Waals surface area contributed by atoms with Crippen molar-refractivity contribution < 1.29 is 9.47 Å². The Morgan fingerprint density at radius 1 is 1.33 bits per heavy atom. The van der Waals surface area contributed by atoms with E-state index in [2.05, 4.69) is 32.6 Å². The highest BCUT2D eigenvalue weighted by molar-refractivity contribution is 14.1. The van der Waals surface area contributed by atoms with E-state index in [-0.39, 0.29) is 0 Å². The van der Waals surface area contributed by atoms with Gasteiger partial charge >= 0.3 is 6.01 Å². The Balaban J connectivity index is 2.37. The third kappa shape index (κ3) is 3.31. The molecule has 0 amide bonds. The van der Waals surface area contributed by atoms with Crippen LogP contribution in [-0.2, 0) is 4.74 Å². The molecule has 0 aromatic carbocycles. The van der Waals surface area contributed by atoms with E-state index in [9.17, 15) is 0 Å². The molecule has 0 saturated carbocycles. The molecule has 1 heterocycles. The molecule has 12 heavy (non-hydrogen) atoms. The van der Waals surface area contributed by atoms with Crippen molar-refractivity contribution in [1.29, 1.82) is 0 Å². The zero-order chi connectivity index (χ0) is 8.81. The van der Waals surface area contributed by atoms with Crippen molar-refractivity contribution in [3.05, 3.63) is 16.0 Å². The summed E-state index contributed by atoms with van der Waals surface area (Å²) in [7, 11) is 1.62. The molecule has 5 heteroatoms. The minimum absolute atomic E-state index is 0.396. The lowest BCUT2D eigenvalue weighted by molar-refractivity contribution is 0.140. The number of rotatable bonds is 4. The van der Waals surface area contributed by atoms with Crippen LogP contribution in [0.1, 0.15) is 0 Å². The van der Waals surface area contributed by atoms with Gasteiger partial charge in [0.2, 0.25) is 0 Å². The van der Waals surface area contributed by atoms with Gasteiger partial charge in [0.05, 0.1) is 6.61 Å². The molecule has 0 aliphatic heterocycles. The molecular weight excluding hydrogens is 271 g/mol. The fourth-order valence-electron chi connectivity index (χ4n) is 0.591. The number of nitrogens with zero attached hydrogens (tertiary/aromatic N) is 2. The highest BCUT2D eigenvalue weighted by Gasteiger charge is 1.95. The van der Waals surface area contributed by atoms with Crippen LogP contribution in [0.3, 0.4) is 0 Å². The second-order valence-electron chi connectivity index (χ2n) is 2.03. The zero-order valence-corrected chi connectivity index (χ0v) is 8.82. The number of hydrogen-bond donors (Lipinski definition) is 0. The number of hydrogen-bond acceptors (Lipinski definition) is 4. The average molecular weight is 280 g/mol. The lowest BCUT2D eigenvalue weighted by atomic mass is 10.7. The maximum atomic E-state index is 5.15. The van der Waals surface area contributed by atoms with Gasteiger partial charge in [-0.3, -0.25) is 0 Å². The molecule has 0 aliphatic carbocycles. The summed E-state index contributed by atoms with van der Waals surface area (Å²) in [6, 6.07) is 0.396. The summed E-state index contributed by atoms with van der Waals surface area (Å²) in [5.41, 5.74) is 0. The van der Waals surface area contributed by atoms with Gasteiger partial charge in [-0.2, -0.15) is 0 Å². The topological polar surface area (TPSA) is 44.2 Å². The first kappa shape index (κ1) is 9.66. The molecule has 1 rings (SSSR count). The van der Waals surface area contributed by atoms with Crippen molar-refractivity contribution in [3.63, 3.8) is 0 Å². The lowest BCUT2D eigenvalue weighted by Crippen LogP contribution is -2.06. The Bertz CT molecular complexity index is 227. The van der Waals surface area contributed by atoms with Crippen LogP contribution in [0.25, 0.3) is 0 Å². The summed E-state index contributed by atoms with van der Waals surface area (Å²) < 4.78 is 10.9. The first-order valence-corrected chi connectivity index (χ1v) is 4.50. The minimum Gasteiger partial charge on any atom is -0.461 e. The molecule has 4 nitrogen and oxygen atoms in total. The van der Waals surface area contributed by atoms with Crippen molar-refractivity contribution in [3.8, 4) is 6.01 Å². The monoisotopic (exact) mass is 280 g/mol. The van der Waals surface area contributed by atoms with Crippen LogP contribution >= 0.6 is 22.6 Å². The molecule has 0 saturated heterocycles. The molecule has 66 valence electrons. The second-order valence-corrected chi connectivity index (χ2v) is 3.27. The third-order valence-electron chi connectivity index (χ3n) is 1.12. The van der Waals surface area contributed by atoms with E-state index < -0.39 is 0 Å². The minimum atomic E-state index is 0.396. The van der Waals surface area contributed by atoms with E-state index in [0.717, 1.165) is 3.57 Å². The summed E-state index contributed by atoms with van der Waals surface area (Å²) in [5, 5.41) is 0. The quantitative estimate of drug-likeness (QED) is 0.612. The Kier molecular flexibility index (Phi) is 4.23. The summed E-state index contributed by atoms with van der Waals surface area (Å²) in [5.74, 6) is 0. The number of aromatic nitrogens is 2. The van der Waals surface area contributed by atoms with Gasteiger partial charge in [0.25, 0.3) is 0 Å². The average Bonchev–Trinajstić information content (AvgIpc) is 2.09. The van der Waals surface area contributed by atoms with Crippen LogP contribution in [-0.4, -0.2) is 30.3 Å². The molecule has 0 N–H and O–H groups in total. The number of methoxy groups -OCH3 is 1. The third-order valence-corrected chi connectivity index (χ3v) is 1.67. The van der Waals surface area contributed by atoms with E-state index in [1.165, 1.54) is 0 Å². The molecule has 1 aromatic rings. The highest BCUT2D eigenvalue weighted by atomic mass is 127. The van der Waals surface area contributed by atoms with E-state index in [4.69, 9.17) is 9.47 Å². The number of ether oxygens (including phenoxy) is 2. The van der Waals surface area contributed by atoms with Crippen LogP contribution in [0.2, 0.25) is 0 Å². The maximum absolute atomic E-state index is 5.15. The summed E-state index contributed by atoms with van der Waals surface area (Å²) in [6.45, 7) is 1.03. The van der Waals surface area contributed by atoms with Crippen LogP contribution in [0.15, 0.2) is 12.4 Å². The van der Waals surface area contributed by atoms with Gasteiger partial charge in [-0.1, -0.05) is 0 Å². The Hall–Kier alpha value is -0.430. The van der Waals surface area contributed by atoms with Gasteiger partial charge in [0, 0.05) is 23.1 Å². The predicted octanol–water partition coefficient (Wildman–Crippen LogP) is 1.11. The Morgan fingerprint density at radius 2 is 2.00 bits per heavy atom. The SMILES string of the molecule is COCCOc1ncc(I)cn1.